The normalized spacial score (nSPS) is 23.7. The molecule has 0 spiro atoms. The molecule has 3 nitrogen and oxygen atoms in total. The smallest absolute Gasteiger partial charge is 0.0953 e. The van der Waals surface area contributed by atoms with Crippen molar-refractivity contribution in [2.75, 3.05) is 26.7 Å². The topological polar surface area (TPSA) is 25.4 Å². The average Bonchev–Trinajstić information content (AvgIpc) is 2.18. The fraction of sp³-hybridized carbons (Fsp3) is 0.545. The van der Waals surface area contributed by atoms with E-state index in [4.69, 9.17) is 4.74 Å². The first-order valence-electron chi connectivity index (χ1n) is 4.98. The third-order valence-corrected chi connectivity index (χ3v) is 2.56. The number of pyridine rings is 1. The first-order valence-corrected chi connectivity index (χ1v) is 4.98. The zero-order valence-corrected chi connectivity index (χ0v) is 8.73. The molecule has 1 unspecified atom stereocenters. The lowest BCUT2D eigenvalue weighted by Gasteiger charge is -2.30. The third kappa shape index (κ3) is 2.11. The highest BCUT2D eigenvalue weighted by atomic mass is 16.5. The molecule has 14 heavy (non-hydrogen) atoms. The highest BCUT2D eigenvalue weighted by Gasteiger charge is 2.19. The number of likely N-dealkylation sites (N-methyl/N-ethyl adjacent to an activating group) is 1. The summed E-state index contributed by atoms with van der Waals surface area (Å²) in [5.74, 6) is 0. The van der Waals surface area contributed by atoms with Crippen molar-refractivity contribution in [2.24, 2.45) is 0 Å². The van der Waals surface area contributed by atoms with Gasteiger partial charge in [0.15, 0.2) is 0 Å². The van der Waals surface area contributed by atoms with Crippen molar-refractivity contribution in [3.05, 3.63) is 29.6 Å². The summed E-state index contributed by atoms with van der Waals surface area (Å²) in [6.45, 7) is 4.84. The molecule has 1 aromatic heterocycles. The van der Waals surface area contributed by atoms with Gasteiger partial charge in [-0.25, -0.2) is 0 Å². The Labute approximate surface area is 84.7 Å². The molecular formula is C11H16N2O. The van der Waals surface area contributed by atoms with E-state index in [0.29, 0.717) is 0 Å². The Morgan fingerprint density at radius 1 is 1.57 bits per heavy atom. The molecule has 1 fully saturated rings. The zero-order valence-electron chi connectivity index (χ0n) is 8.73. The zero-order chi connectivity index (χ0) is 9.97. The van der Waals surface area contributed by atoms with Crippen LogP contribution in [0.1, 0.15) is 17.4 Å². The molecule has 0 N–H and O–H groups in total. The van der Waals surface area contributed by atoms with E-state index in [9.17, 15) is 0 Å². The molecule has 2 rings (SSSR count). The second kappa shape index (κ2) is 4.07. The standard InChI is InChI=1S/C11H16N2O/c1-9-7-10(3-4-12-9)11-8-13(2)5-6-14-11/h3-4,7,11H,5-6,8H2,1-2H3. The quantitative estimate of drug-likeness (QED) is 0.672. The van der Waals surface area contributed by atoms with Gasteiger partial charge in [0.25, 0.3) is 0 Å². The molecule has 1 saturated heterocycles. The van der Waals surface area contributed by atoms with Crippen LogP contribution in [0.4, 0.5) is 0 Å². The Morgan fingerprint density at radius 2 is 2.43 bits per heavy atom. The number of ether oxygens (including phenoxy) is 1. The van der Waals surface area contributed by atoms with Gasteiger partial charge in [-0.1, -0.05) is 0 Å². The number of hydrogen-bond donors (Lipinski definition) is 0. The maximum atomic E-state index is 5.72. The Balaban J connectivity index is 2.14. The van der Waals surface area contributed by atoms with Crippen LogP contribution in [0.15, 0.2) is 18.3 Å². The van der Waals surface area contributed by atoms with Gasteiger partial charge in [-0.15, -0.1) is 0 Å². The Morgan fingerprint density at radius 3 is 3.14 bits per heavy atom. The largest absolute Gasteiger partial charge is 0.371 e. The fourth-order valence-electron chi connectivity index (χ4n) is 1.75. The molecule has 0 amide bonds. The summed E-state index contributed by atoms with van der Waals surface area (Å²) >= 11 is 0. The van der Waals surface area contributed by atoms with Gasteiger partial charge in [0.2, 0.25) is 0 Å². The van der Waals surface area contributed by atoms with Gasteiger partial charge in [0.1, 0.15) is 0 Å². The number of rotatable bonds is 1. The minimum Gasteiger partial charge on any atom is -0.371 e. The van der Waals surface area contributed by atoms with Crippen LogP contribution >= 0.6 is 0 Å². The van der Waals surface area contributed by atoms with E-state index in [1.165, 1.54) is 5.56 Å². The summed E-state index contributed by atoms with van der Waals surface area (Å²) in [5.41, 5.74) is 2.29. The molecule has 0 radical (unpaired) electrons. The predicted molar refractivity (Wildman–Crippen MR) is 55.2 cm³/mol. The summed E-state index contributed by atoms with van der Waals surface area (Å²) in [5, 5.41) is 0. The lowest BCUT2D eigenvalue weighted by molar-refractivity contribution is -0.0209. The minimum atomic E-state index is 0.218. The molecule has 0 aliphatic carbocycles. The summed E-state index contributed by atoms with van der Waals surface area (Å²) in [6, 6.07) is 4.14. The van der Waals surface area contributed by atoms with Crippen molar-refractivity contribution >= 4 is 0 Å². The highest BCUT2D eigenvalue weighted by molar-refractivity contribution is 5.18. The first-order chi connectivity index (χ1) is 6.75. The van der Waals surface area contributed by atoms with Gasteiger partial charge in [-0.05, 0) is 31.7 Å². The number of aromatic nitrogens is 1. The summed E-state index contributed by atoms with van der Waals surface area (Å²) < 4.78 is 5.72. The summed E-state index contributed by atoms with van der Waals surface area (Å²) in [4.78, 5) is 6.48. The summed E-state index contributed by atoms with van der Waals surface area (Å²) in [7, 11) is 2.13. The second-order valence-corrected chi connectivity index (χ2v) is 3.85. The van der Waals surface area contributed by atoms with Gasteiger partial charge < -0.3 is 9.64 Å². The number of morpholine rings is 1. The maximum absolute atomic E-state index is 5.72. The minimum absolute atomic E-state index is 0.218. The van der Waals surface area contributed by atoms with Crippen LogP contribution in [0.2, 0.25) is 0 Å². The Hall–Kier alpha value is -0.930. The van der Waals surface area contributed by atoms with Gasteiger partial charge in [0.05, 0.1) is 12.7 Å². The first kappa shape index (κ1) is 9.62. The third-order valence-electron chi connectivity index (χ3n) is 2.56. The second-order valence-electron chi connectivity index (χ2n) is 3.85. The van der Waals surface area contributed by atoms with Crippen LogP contribution in [0, 0.1) is 6.92 Å². The van der Waals surface area contributed by atoms with E-state index in [2.05, 4.69) is 23.0 Å². The van der Waals surface area contributed by atoms with E-state index >= 15 is 0 Å². The predicted octanol–water partition coefficient (Wildman–Crippen LogP) is 1.39. The van der Waals surface area contributed by atoms with Crippen molar-refractivity contribution in [1.82, 2.24) is 9.88 Å². The van der Waals surface area contributed by atoms with Crippen molar-refractivity contribution in [1.29, 1.82) is 0 Å². The van der Waals surface area contributed by atoms with Crippen LogP contribution in [0.3, 0.4) is 0 Å². The van der Waals surface area contributed by atoms with Crippen LogP contribution in [-0.4, -0.2) is 36.6 Å². The van der Waals surface area contributed by atoms with Crippen LogP contribution in [-0.2, 0) is 4.74 Å². The SMILES string of the molecule is Cc1cc(C2CN(C)CCO2)ccn1. The summed E-state index contributed by atoms with van der Waals surface area (Å²) in [6.07, 6.45) is 2.07. The highest BCUT2D eigenvalue weighted by Crippen LogP contribution is 2.21. The van der Waals surface area contributed by atoms with E-state index in [1.807, 2.05) is 19.2 Å². The Kier molecular flexibility index (Phi) is 2.79. The van der Waals surface area contributed by atoms with E-state index in [1.54, 1.807) is 0 Å². The molecule has 1 atom stereocenters. The number of nitrogens with zero attached hydrogens (tertiary/aromatic N) is 2. The fourth-order valence-corrected chi connectivity index (χ4v) is 1.75. The lowest BCUT2D eigenvalue weighted by Crippen LogP contribution is -2.35. The average molecular weight is 192 g/mol. The number of hydrogen-bond acceptors (Lipinski definition) is 3. The Bertz CT molecular complexity index is 314. The number of aryl methyl sites for hydroxylation is 1. The molecule has 2 heterocycles. The maximum Gasteiger partial charge on any atom is 0.0953 e. The van der Waals surface area contributed by atoms with Gasteiger partial charge in [-0.3, -0.25) is 4.98 Å². The van der Waals surface area contributed by atoms with Crippen LogP contribution in [0.5, 0.6) is 0 Å². The van der Waals surface area contributed by atoms with Crippen LogP contribution < -0.4 is 0 Å². The molecule has 76 valence electrons. The van der Waals surface area contributed by atoms with Crippen LogP contribution in [0.25, 0.3) is 0 Å². The van der Waals surface area contributed by atoms with E-state index in [-0.39, 0.29) is 6.10 Å². The molecule has 1 aliphatic rings. The molecular weight excluding hydrogens is 176 g/mol. The van der Waals surface area contributed by atoms with Gasteiger partial charge in [-0.2, -0.15) is 0 Å². The van der Waals surface area contributed by atoms with Gasteiger partial charge in [0, 0.05) is 25.0 Å². The van der Waals surface area contributed by atoms with Crippen molar-refractivity contribution in [3.63, 3.8) is 0 Å². The van der Waals surface area contributed by atoms with Crippen molar-refractivity contribution in [2.45, 2.75) is 13.0 Å². The van der Waals surface area contributed by atoms with E-state index < -0.39 is 0 Å². The molecule has 0 aromatic carbocycles. The van der Waals surface area contributed by atoms with Crippen molar-refractivity contribution < 1.29 is 4.74 Å². The molecule has 3 heteroatoms. The van der Waals surface area contributed by atoms with Gasteiger partial charge >= 0.3 is 0 Å². The molecule has 1 aliphatic heterocycles. The molecule has 1 aromatic rings. The van der Waals surface area contributed by atoms with E-state index in [0.717, 1.165) is 25.4 Å². The van der Waals surface area contributed by atoms with Crippen molar-refractivity contribution in [3.8, 4) is 0 Å². The molecule has 0 bridgehead atoms. The lowest BCUT2D eigenvalue weighted by atomic mass is 10.1. The molecule has 0 saturated carbocycles. The monoisotopic (exact) mass is 192 g/mol.